The van der Waals surface area contributed by atoms with Crippen molar-refractivity contribution in [1.82, 2.24) is 9.97 Å². The number of hydrogen-bond acceptors (Lipinski definition) is 6. The van der Waals surface area contributed by atoms with E-state index in [-0.39, 0.29) is 28.8 Å². The van der Waals surface area contributed by atoms with E-state index < -0.39 is 4.92 Å². The molecule has 3 rings (SSSR count). The molecule has 1 fully saturated rings. The van der Waals surface area contributed by atoms with Gasteiger partial charge in [-0.25, -0.2) is 4.98 Å². The Bertz CT molecular complexity index is 789. The Morgan fingerprint density at radius 1 is 1.43 bits per heavy atom. The molecule has 2 atom stereocenters. The van der Waals surface area contributed by atoms with Gasteiger partial charge in [0.15, 0.2) is 0 Å². The molecule has 1 aliphatic carbocycles. The third kappa shape index (κ3) is 3.16. The van der Waals surface area contributed by atoms with Gasteiger partial charge in [0, 0.05) is 19.2 Å². The third-order valence-corrected chi connectivity index (χ3v) is 4.27. The molecule has 2 unspecified atom stereocenters. The summed E-state index contributed by atoms with van der Waals surface area (Å²) in [6.07, 6.45) is 5.21. The molecule has 2 N–H and O–H groups in total. The number of aromatic amines is 1. The maximum Gasteiger partial charge on any atom is 0.293 e. The number of anilines is 1. The number of ether oxygens (including phenoxy) is 1. The minimum Gasteiger partial charge on any atom is -0.381 e. The topological polar surface area (TPSA) is 110 Å². The number of nitrogens with one attached hydrogen (secondary N) is 2. The van der Waals surface area contributed by atoms with Crippen molar-refractivity contribution in [2.45, 2.75) is 37.8 Å². The van der Waals surface area contributed by atoms with E-state index in [1.165, 1.54) is 12.4 Å². The zero-order valence-corrected chi connectivity index (χ0v) is 12.7. The second-order valence-electron chi connectivity index (χ2n) is 5.74. The van der Waals surface area contributed by atoms with Crippen LogP contribution in [0.5, 0.6) is 0 Å². The molecular weight excluding hydrogens is 300 g/mol. The molecule has 0 amide bonds. The fourth-order valence-corrected chi connectivity index (χ4v) is 3.08. The van der Waals surface area contributed by atoms with Crippen LogP contribution in [0.25, 0.3) is 10.9 Å². The van der Waals surface area contributed by atoms with Gasteiger partial charge in [-0.15, -0.1) is 0 Å². The van der Waals surface area contributed by atoms with Gasteiger partial charge in [-0.2, -0.15) is 0 Å². The van der Waals surface area contributed by atoms with Crippen molar-refractivity contribution in [2.24, 2.45) is 0 Å². The number of nitrogens with zero attached hydrogens (tertiary/aromatic N) is 2. The molecule has 1 heterocycles. The molecule has 122 valence electrons. The van der Waals surface area contributed by atoms with E-state index in [2.05, 4.69) is 15.3 Å². The summed E-state index contributed by atoms with van der Waals surface area (Å²) in [4.78, 5) is 29.2. The Morgan fingerprint density at radius 2 is 2.26 bits per heavy atom. The average molecular weight is 318 g/mol. The molecule has 8 heteroatoms. The van der Waals surface area contributed by atoms with E-state index in [9.17, 15) is 14.9 Å². The molecular formula is C15H18N4O4. The largest absolute Gasteiger partial charge is 0.381 e. The van der Waals surface area contributed by atoms with Gasteiger partial charge in [-0.05, 0) is 31.7 Å². The molecule has 2 aromatic rings. The van der Waals surface area contributed by atoms with Crippen LogP contribution in [0.2, 0.25) is 0 Å². The fourth-order valence-electron chi connectivity index (χ4n) is 3.08. The van der Waals surface area contributed by atoms with Crippen LogP contribution in [0.15, 0.2) is 23.3 Å². The number of rotatable bonds is 4. The lowest BCUT2D eigenvalue weighted by Crippen LogP contribution is -2.31. The minimum absolute atomic E-state index is 0.104. The van der Waals surface area contributed by atoms with Crippen LogP contribution in [0.4, 0.5) is 11.4 Å². The molecule has 1 aliphatic rings. The Labute approximate surface area is 132 Å². The molecule has 0 bridgehead atoms. The highest BCUT2D eigenvalue weighted by atomic mass is 16.6. The molecule has 1 aromatic carbocycles. The van der Waals surface area contributed by atoms with E-state index in [4.69, 9.17) is 4.74 Å². The number of nitro benzene ring substituents is 1. The predicted molar refractivity (Wildman–Crippen MR) is 85.7 cm³/mol. The molecule has 0 aliphatic heterocycles. The van der Waals surface area contributed by atoms with E-state index in [0.717, 1.165) is 25.7 Å². The smallest absolute Gasteiger partial charge is 0.293 e. The average Bonchev–Trinajstić information content (AvgIpc) is 2.54. The first kappa shape index (κ1) is 15.4. The van der Waals surface area contributed by atoms with Crippen molar-refractivity contribution < 1.29 is 9.66 Å². The van der Waals surface area contributed by atoms with Crippen molar-refractivity contribution in [3.8, 4) is 0 Å². The summed E-state index contributed by atoms with van der Waals surface area (Å²) in [6, 6.07) is 2.95. The molecule has 1 saturated carbocycles. The van der Waals surface area contributed by atoms with Crippen LogP contribution in [-0.2, 0) is 4.74 Å². The number of fused-ring (bicyclic) bond motifs is 1. The van der Waals surface area contributed by atoms with E-state index in [1.54, 1.807) is 13.2 Å². The SMILES string of the molecule is COC1CCCC(Nc2cc3nc[nH]c(=O)c3cc2[N+](=O)[O-])C1. The lowest BCUT2D eigenvalue weighted by molar-refractivity contribution is -0.383. The lowest BCUT2D eigenvalue weighted by atomic mass is 9.92. The minimum atomic E-state index is -0.481. The zero-order chi connectivity index (χ0) is 16.4. The van der Waals surface area contributed by atoms with Gasteiger partial charge in [-0.1, -0.05) is 0 Å². The van der Waals surface area contributed by atoms with Crippen LogP contribution < -0.4 is 10.9 Å². The number of methoxy groups -OCH3 is 1. The van der Waals surface area contributed by atoms with Crippen molar-refractivity contribution >= 4 is 22.3 Å². The van der Waals surface area contributed by atoms with Gasteiger partial charge < -0.3 is 15.0 Å². The van der Waals surface area contributed by atoms with Gasteiger partial charge in [0.05, 0.1) is 28.3 Å². The number of aromatic nitrogens is 2. The molecule has 0 saturated heterocycles. The summed E-state index contributed by atoms with van der Waals surface area (Å²) in [6.45, 7) is 0. The van der Waals surface area contributed by atoms with Crippen LogP contribution in [0.3, 0.4) is 0 Å². The Balaban J connectivity index is 1.97. The monoisotopic (exact) mass is 318 g/mol. The van der Waals surface area contributed by atoms with Gasteiger partial charge in [0.25, 0.3) is 11.2 Å². The quantitative estimate of drug-likeness (QED) is 0.660. The summed E-state index contributed by atoms with van der Waals surface area (Å²) in [5.41, 5.74) is 0.320. The summed E-state index contributed by atoms with van der Waals surface area (Å²) in [5, 5.41) is 14.8. The van der Waals surface area contributed by atoms with Crippen molar-refractivity contribution in [2.75, 3.05) is 12.4 Å². The van der Waals surface area contributed by atoms with Crippen molar-refractivity contribution in [1.29, 1.82) is 0 Å². The third-order valence-electron chi connectivity index (χ3n) is 4.27. The first-order valence-electron chi connectivity index (χ1n) is 7.53. The van der Waals surface area contributed by atoms with Crippen molar-refractivity contribution in [3.05, 3.63) is 38.9 Å². The number of benzene rings is 1. The van der Waals surface area contributed by atoms with Crippen LogP contribution in [0.1, 0.15) is 25.7 Å². The highest BCUT2D eigenvalue weighted by Crippen LogP contribution is 2.31. The van der Waals surface area contributed by atoms with Crippen LogP contribution in [0, 0.1) is 10.1 Å². The number of H-pyrrole nitrogens is 1. The first-order chi connectivity index (χ1) is 11.1. The molecule has 23 heavy (non-hydrogen) atoms. The Hall–Kier alpha value is -2.48. The van der Waals surface area contributed by atoms with E-state index in [1.807, 2.05) is 0 Å². The van der Waals surface area contributed by atoms with Gasteiger partial charge >= 0.3 is 0 Å². The lowest BCUT2D eigenvalue weighted by Gasteiger charge is -2.29. The summed E-state index contributed by atoms with van der Waals surface area (Å²) < 4.78 is 5.39. The number of nitro groups is 1. The van der Waals surface area contributed by atoms with Gasteiger partial charge in [0.2, 0.25) is 0 Å². The standard InChI is InChI=1S/C15H18N4O4/c1-23-10-4-2-3-9(5-10)18-13-7-12-11(6-14(13)19(21)22)15(20)17-8-16-12/h6-10,18H,2-5H2,1H3,(H,16,17,20). The van der Waals surface area contributed by atoms with E-state index >= 15 is 0 Å². The summed E-state index contributed by atoms with van der Waals surface area (Å²) in [7, 11) is 1.68. The second-order valence-corrected chi connectivity index (χ2v) is 5.74. The Morgan fingerprint density at radius 3 is 3.00 bits per heavy atom. The summed E-state index contributed by atoms with van der Waals surface area (Å²) in [5.74, 6) is 0. The molecule has 0 radical (unpaired) electrons. The first-order valence-corrected chi connectivity index (χ1v) is 7.53. The maximum absolute atomic E-state index is 11.8. The normalized spacial score (nSPS) is 21.3. The number of hydrogen-bond donors (Lipinski definition) is 2. The highest BCUT2D eigenvalue weighted by Gasteiger charge is 2.25. The summed E-state index contributed by atoms with van der Waals surface area (Å²) >= 11 is 0. The molecule has 1 aromatic heterocycles. The van der Waals surface area contributed by atoms with Crippen LogP contribution in [-0.4, -0.2) is 34.1 Å². The van der Waals surface area contributed by atoms with Crippen LogP contribution >= 0.6 is 0 Å². The predicted octanol–water partition coefficient (Wildman–Crippen LogP) is 2.20. The van der Waals surface area contributed by atoms with Gasteiger partial charge in [-0.3, -0.25) is 14.9 Å². The molecule has 8 nitrogen and oxygen atoms in total. The fraction of sp³-hybridized carbons (Fsp3) is 0.467. The van der Waals surface area contributed by atoms with E-state index in [0.29, 0.717) is 11.2 Å². The van der Waals surface area contributed by atoms with Gasteiger partial charge in [0.1, 0.15) is 5.69 Å². The Kier molecular flexibility index (Phi) is 4.24. The van der Waals surface area contributed by atoms with Crippen molar-refractivity contribution in [3.63, 3.8) is 0 Å². The second kappa shape index (κ2) is 6.33. The maximum atomic E-state index is 11.8. The molecule has 0 spiro atoms. The zero-order valence-electron chi connectivity index (χ0n) is 12.7. The highest BCUT2D eigenvalue weighted by molar-refractivity contribution is 5.86.